The van der Waals surface area contributed by atoms with Crippen molar-refractivity contribution in [2.75, 3.05) is 45.7 Å². The van der Waals surface area contributed by atoms with Crippen molar-refractivity contribution < 1.29 is 17.9 Å². The monoisotopic (exact) mass is 401 g/mol. The average molecular weight is 401 g/mol. The van der Waals surface area contributed by atoms with Gasteiger partial charge in [0.05, 0.1) is 5.56 Å². The fourth-order valence-electron chi connectivity index (χ4n) is 3.59. The molecule has 1 aromatic rings. The minimum Gasteiger partial charge on any atom is -0.385 e. The van der Waals surface area contributed by atoms with Crippen LogP contribution in [-0.4, -0.2) is 51.3 Å². The Bertz CT molecular complexity index is 630. The van der Waals surface area contributed by atoms with Crippen LogP contribution >= 0.6 is 0 Å². The first-order valence-electron chi connectivity index (χ1n) is 9.60. The molecule has 6 nitrogen and oxygen atoms in total. The number of methoxy groups -OCH3 is 1. The number of aromatic nitrogens is 1. The Labute approximate surface area is 164 Å². The van der Waals surface area contributed by atoms with Gasteiger partial charge in [-0.25, -0.2) is 4.98 Å². The standard InChI is InChI=1S/C19H30F3N5O/c1-23-17(27-14-18(9-13-28-2)7-3-4-8-18)26-12-11-25-16-15(19(20,21)22)6-5-10-24-16/h5-6,10H,3-4,7-9,11-14H2,1-2H3,(H,24,25)(H2,23,26,27). The summed E-state index contributed by atoms with van der Waals surface area (Å²) in [5.74, 6) is 0.478. The number of hydrogen-bond acceptors (Lipinski definition) is 4. The van der Waals surface area contributed by atoms with Gasteiger partial charge in [0, 0.05) is 46.6 Å². The molecule has 1 aromatic heterocycles. The molecule has 9 heteroatoms. The lowest BCUT2D eigenvalue weighted by molar-refractivity contribution is -0.137. The van der Waals surface area contributed by atoms with Crippen molar-refractivity contribution >= 4 is 11.8 Å². The highest BCUT2D eigenvalue weighted by molar-refractivity contribution is 5.79. The summed E-state index contributed by atoms with van der Waals surface area (Å²) in [4.78, 5) is 7.99. The van der Waals surface area contributed by atoms with Gasteiger partial charge in [0.15, 0.2) is 5.96 Å². The van der Waals surface area contributed by atoms with E-state index in [9.17, 15) is 13.2 Å². The Hall–Kier alpha value is -2.03. The molecule has 0 radical (unpaired) electrons. The number of rotatable bonds is 9. The number of halogens is 3. The topological polar surface area (TPSA) is 70.6 Å². The van der Waals surface area contributed by atoms with Crippen molar-refractivity contribution in [3.05, 3.63) is 23.9 Å². The number of aliphatic imine (C=N–C) groups is 1. The maximum Gasteiger partial charge on any atom is 0.419 e. The van der Waals surface area contributed by atoms with E-state index in [-0.39, 0.29) is 17.8 Å². The van der Waals surface area contributed by atoms with Crippen LogP contribution in [0.2, 0.25) is 0 Å². The zero-order valence-corrected chi connectivity index (χ0v) is 16.5. The summed E-state index contributed by atoms with van der Waals surface area (Å²) in [6, 6.07) is 2.30. The van der Waals surface area contributed by atoms with Gasteiger partial charge in [-0.2, -0.15) is 13.2 Å². The maximum absolute atomic E-state index is 13.0. The number of guanidine groups is 1. The van der Waals surface area contributed by atoms with Gasteiger partial charge >= 0.3 is 6.18 Å². The summed E-state index contributed by atoms with van der Waals surface area (Å²) in [5, 5.41) is 9.23. The van der Waals surface area contributed by atoms with Gasteiger partial charge in [0.25, 0.3) is 0 Å². The highest BCUT2D eigenvalue weighted by atomic mass is 19.4. The van der Waals surface area contributed by atoms with Crippen LogP contribution in [0.15, 0.2) is 23.3 Å². The molecule has 1 saturated carbocycles. The Kier molecular flexibility index (Phi) is 8.35. The van der Waals surface area contributed by atoms with Crippen molar-refractivity contribution in [1.29, 1.82) is 0 Å². The summed E-state index contributed by atoms with van der Waals surface area (Å²) < 4.78 is 44.2. The fourth-order valence-corrected chi connectivity index (χ4v) is 3.59. The van der Waals surface area contributed by atoms with Crippen LogP contribution in [0.25, 0.3) is 0 Å². The van der Waals surface area contributed by atoms with Gasteiger partial charge in [0.1, 0.15) is 5.82 Å². The summed E-state index contributed by atoms with van der Waals surface area (Å²) in [6.45, 7) is 2.25. The first-order chi connectivity index (χ1) is 13.4. The molecular weight excluding hydrogens is 371 g/mol. The molecule has 1 aliphatic rings. The van der Waals surface area contributed by atoms with E-state index in [0.29, 0.717) is 12.5 Å². The molecule has 0 saturated heterocycles. The second-order valence-corrected chi connectivity index (χ2v) is 7.13. The number of hydrogen-bond donors (Lipinski definition) is 3. The van der Waals surface area contributed by atoms with E-state index in [4.69, 9.17) is 4.74 Å². The highest BCUT2D eigenvalue weighted by Gasteiger charge is 2.34. The molecule has 0 amide bonds. The molecule has 1 fully saturated rings. The van der Waals surface area contributed by atoms with E-state index >= 15 is 0 Å². The first-order valence-corrected chi connectivity index (χ1v) is 9.60. The summed E-state index contributed by atoms with van der Waals surface area (Å²) >= 11 is 0. The molecule has 0 atom stereocenters. The lowest BCUT2D eigenvalue weighted by atomic mass is 9.83. The number of nitrogens with one attached hydrogen (secondary N) is 3. The van der Waals surface area contributed by atoms with Crippen molar-refractivity contribution in [1.82, 2.24) is 15.6 Å². The van der Waals surface area contributed by atoms with E-state index in [1.807, 2.05) is 0 Å². The minimum atomic E-state index is -4.43. The van der Waals surface area contributed by atoms with Gasteiger partial charge in [-0.1, -0.05) is 12.8 Å². The number of ether oxygens (including phenoxy) is 1. The Morgan fingerprint density at radius 2 is 2.00 bits per heavy atom. The highest BCUT2D eigenvalue weighted by Crippen LogP contribution is 2.40. The Morgan fingerprint density at radius 3 is 2.64 bits per heavy atom. The van der Waals surface area contributed by atoms with Crippen LogP contribution in [0, 0.1) is 5.41 Å². The third kappa shape index (κ3) is 6.54. The van der Waals surface area contributed by atoms with Crippen molar-refractivity contribution in [2.45, 2.75) is 38.3 Å². The lowest BCUT2D eigenvalue weighted by Crippen LogP contribution is -2.44. The predicted octanol–water partition coefficient (Wildman–Crippen LogP) is 3.27. The Morgan fingerprint density at radius 1 is 1.25 bits per heavy atom. The van der Waals surface area contributed by atoms with E-state index in [0.717, 1.165) is 25.6 Å². The second-order valence-electron chi connectivity index (χ2n) is 7.13. The molecular formula is C19H30F3N5O. The van der Waals surface area contributed by atoms with Crippen LogP contribution in [-0.2, 0) is 10.9 Å². The average Bonchev–Trinajstić information content (AvgIpc) is 3.14. The molecule has 158 valence electrons. The smallest absolute Gasteiger partial charge is 0.385 e. The van der Waals surface area contributed by atoms with E-state index in [2.05, 4.69) is 25.9 Å². The van der Waals surface area contributed by atoms with Crippen LogP contribution in [0.1, 0.15) is 37.7 Å². The molecule has 0 aliphatic heterocycles. The maximum atomic E-state index is 13.0. The van der Waals surface area contributed by atoms with Crippen LogP contribution < -0.4 is 16.0 Å². The zero-order valence-electron chi connectivity index (χ0n) is 16.5. The van der Waals surface area contributed by atoms with Crippen LogP contribution in [0.5, 0.6) is 0 Å². The molecule has 0 spiro atoms. The quantitative estimate of drug-likeness (QED) is 0.337. The molecule has 3 N–H and O–H groups in total. The van der Waals surface area contributed by atoms with E-state index in [1.54, 1.807) is 14.2 Å². The third-order valence-corrected chi connectivity index (χ3v) is 5.18. The van der Waals surface area contributed by atoms with Gasteiger partial charge in [-0.3, -0.25) is 4.99 Å². The van der Waals surface area contributed by atoms with Crippen molar-refractivity contribution in [3.8, 4) is 0 Å². The van der Waals surface area contributed by atoms with E-state index < -0.39 is 11.7 Å². The Balaban J connectivity index is 1.79. The molecule has 0 aromatic carbocycles. The van der Waals surface area contributed by atoms with Gasteiger partial charge in [0.2, 0.25) is 0 Å². The molecule has 28 heavy (non-hydrogen) atoms. The number of anilines is 1. The number of alkyl halides is 3. The van der Waals surface area contributed by atoms with Gasteiger partial charge in [-0.05, 0) is 36.8 Å². The normalized spacial score (nSPS) is 16.8. The minimum absolute atomic E-state index is 0.163. The summed E-state index contributed by atoms with van der Waals surface area (Å²) in [6.07, 6.45) is 2.71. The molecule has 2 rings (SSSR count). The number of pyridine rings is 1. The van der Waals surface area contributed by atoms with Gasteiger partial charge in [-0.15, -0.1) is 0 Å². The first kappa shape index (κ1) is 22.3. The fraction of sp³-hybridized carbons (Fsp3) is 0.684. The third-order valence-electron chi connectivity index (χ3n) is 5.18. The van der Waals surface area contributed by atoms with Gasteiger partial charge < -0.3 is 20.7 Å². The zero-order chi connectivity index (χ0) is 20.5. The summed E-state index contributed by atoms with van der Waals surface area (Å²) in [7, 11) is 3.40. The van der Waals surface area contributed by atoms with Crippen molar-refractivity contribution in [2.24, 2.45) is 10.4 Å². The molecule has 0 unspecified atom stereocenters. The molecule has 1 heterocycles. The van der Waals surface area contributed by atoms with Crippen molar-refractivity contribution in [3.63, 3.8) is 0 Å². The SMILES string of the molecule is CN=C(NCCNc1ncccc1C(F)(F)F)NCC1(CCOC)CCCC1. The predicted molar refractivity (Wildman–Crippen MR) is 104 cm³/mol. The lowest BCUT2D eigenvalue weighted by Gasteiger charge is -2.30. The van der Waals surface area contributed by atoms with E-state index in [1.165, 1.54) is 37.9 Å². The summed E-state index contributed by atoms with van der Waals surface area (Å²) in [5.41, 5.74) is -0.541. The van der Waals surface area contributed by atoms with Crippen LogP contribution in [0.4, 0.5) is 19.0 Å². The molecule has 0 bridgehead atoms. The largest absolute Gasteiger partial charge is 0.419 e. The second kappa shape index (κ2) is 10.5. The molecule has 1 aliphatic carbocycles. The number of nitrogens with zero attached hydrogens (tertiary/aromatic N) is 2. The van der Waals surface area contributed by atoms with Crippen LogP contribution in [0.3, 0.4) is 0 Å².